The summed E-state index contributed by atoms with van der Waals surface area (Å²) in [5, 5.41) is 5.65. The second kappa shape index (κ2) is 8.15. The third-order valence-corrected chi connectivity index (χ3v) is 3.46. The second-order valence-electron chi connectivity index (χ2n) is 5.80. The molecule has 2 aromatic carbocycles. The van der Waals surface area contributed by atoms with E-state index in [-0.39, 0.29) is 24.2 Å². The molecule has 0 aromatic heterocycles. The smallest absolute Gasteiger partial charge is 0.228 e. The molecular weight excluding hydrogens is 304 g/mol. The number of anilines is 2. The highest BCUT2D eigenvalue weighted by molar-refractivity contribution is 5.95. The number of hydrogen-bond donors (Lipinski definition) is 2. The first-order valence-electron chi connectivity index (χ1n) is 7.81. The minimum Gasteiger partial charge on any atom is -0.497 e. The number of amides is 2. The fourth-order valence-electron chi connectivity index (χ4n) is 2.10. The molecule has 0 aliphatic rings. The lowest BCUT2D eigenvalue weighted by molar-refractivity contribution is -0.119. The zero-order valence-electron chi connectivity index (χ0n) is 14.1. The fraction of sp³-hybridized carbons (Fsp3) is 0.263. The lowest BCUT2D eigenvalue weighted by Gasteiger charge is -2.10. The van der Waals surface area contributed by atoms with E-state index in [9.17, 15) is 9.59 Å². The van der Waals surface area contributed by atoms with E-state index in [4.69, 9.17) is 4.74 Å². The Hall–Kier alpha value is -2.82. The van der Waals surface area contributed by atoms with Crippen molar-refractivity contribution in [2.45, 2.75) is 20.3 Å². The summed E-state index contributed by atoms with van der Waals surface area (Å²) in [6.45, 7) is 3.66. The van der Waals surface area contributed by atoms with E-state index in [2.05, 4.69) is 10.6 Å². The molecule has 2 aromatic rings. The first-order valence-corrected chi connectivity index (χ1v) is 7.81. The van der Waals surface area contributed by atoms with Gasteiger partial charge in [0.05, 0.1) is 13.5 Å². The van der Waals surface area contributed by atoms with Crippen LogP contribution >= 0.6 is 0 Å². The van der Waals surface area contributed by atoms with Crippen LogP contribution in [0.1, 0.15) is 19.4 Å². The lowest BCUT2D eigenvalue weighted by Crippen LogP contribution is -2.18. The Balaban J connectivity index is 1.96. The predicted octanol–water partition coefficient (Wildman–Crippen LogP) is 3.47. The summed E-state index contributed by atoms with van der Waals surface area (Å²) in [5.41, 5.74) is 2.21. The maximum absolute atomic E-state index is 12.1. The van der Waals surface area contributed by atoms with Gasteiger partial charge in [-0.3, -0.25) is 9.59 Å². The maximum atomic E-state index is 12.1. The Kier molecular flexibility index (Phi) is 5.95. The summed E-state index contributed by atoms with van der Waals surface area (Å²) < 4.78 is 5.10. The summed E-state index contributed by atoms with van der Waals surface area (Å²) in [7, 11) is 1.60. The first-order chi connectivity index (χ1) is 11.5. The van der Waals surface area contributed by atoms with Gasteiger partial charge in [-0.15, -0.1) is 0 Å². The molecule has 2 amide bonds. The van der Waals surface area contributed by atoms with Crippen LogP contribution < -0.4 is 15.4 Å². The summed E-state index contributed by atoms with van der Waals surface area (Å²) in [5.74, 6) is 0.482. The second-order valence-corrected chi connectivity index (χ2v) is 5.80. The Bertz CT molecular complexity index is 709. The van der Waals surface area contributed by atoms with Crippen molar-refractivity contribution >= 4 is 23.2 Å². The highest BCUT2D eigenvalue weighted by atomic mass is 16.5. The van der Waals surface area contributed by atoms with E-state index in [1.165, 1.54) is 0 Å². The molecule has 0 bridgehead atoms. The highest BCUT2D eigenvalue weighted by Gasteiger charge is 2.08. The molecule has 0 spiro atoms. The molecule has 0 saturated carbocycles. The monoisotopic (exact) mass is 326 g/mol. The molecule has 2 N–H and O–H groups in total. The average Bonchev–Trinajstić information content (AvgIpc) is 2.55. The van der Waals surface area contributed by atoms with Crippen molar-refractivity contribution in [1.82, 2.24) is 0 Å². The summed E-state index contributed by atoms with van der Waals surface area (Å²) in [4.78, 5) is 23.9. The Labute approximate surface area is 142 Å². The number of nitrogens with one attached hydrogen (secondary N) is 2. The third-order valence-electron chi connectivity index (χ3n) is 3.46. The Morgan fingerprint density at radius 3 is 2.21 bits per heavy atom. The number of carbonyl (C=O) groups excluding carboxylic acids is 2. The number of methoxy groups -OCH3 is 1. The SMILES string of the molecule is COc1ccc(CC(=O)Nc2cccc(NC(=O)C(C)C)c2)cc1. The topological polar surface area (TPSA) is 67.4 Å². The number of carbonyl (C=O) groups is 2. The highest BCUT2D eigenvalue weighted by Crippen LogP contribution is 2.17. The third kappa shape index (κ3) is 5.12. The van der Waals surface area contributed by atoms with Crippen molar-refractivity contribution in [2.75, 3.05) is 17.7 Å². The molecule has 0 unspecified atom stereocenters. The fourth-order valence-corrected chi connectivity index (χ4v) is 2.10. The number of ether oxygens (including phenoxy) is 1. The van der Waals surface area contributed by atoms with Crippen molar-refractivity contribution in [2.24, 2.45) is 5.92 Å². The van der Waals surface area contributed by atoms with Gasteiger partial charge < -0.3 is 15.4 Å². The minimum absolute atomic E-state index is 0.0586. The molecule has 0 aliphatic carbocycles. The van der Waals surface area contributed by atoms with Crippen molar-refractivity contribution in [3.8, 4) is 5.75 Å². The van der Waals surface area contributed by atoms with Crippen molar-refractivity contribution in [3.63, 3.8) is 0 Å². The summed E-state index contributed by atoms with van der Waals surface area (Å²) in [6.07, 6.45) is 0.270. The molecule has 0 aliphatic heterocycles. The van der Waals surface area contributed by atoms with E-state index in [1.54, 1.807) is 31.4 Å². The normalized spacial score (nSPS) is 10.3. The van der Waals surface area contributed by atoms with E-state index in [0.29, 0.717) is 11.4 Å². The predicted molar refractivity (Wildman–Crippen MR) is 95.2 cm³/mol. The van der Waals surface area contributed by atoms with Crippen LogP contribution in [-0.2, 0) is 16.0 Å². The Morgan fingerprint density at radius 1 is 1.00 bits per heavy atom. The van der Waals surface area contributed by atoms with E-state index in [1.807, 2.05) is 38.1 Å². The molecule has 2 rings (SSSR count). The molecule has 5 heteroatoms. The molecule has 5 nitrogen and oxygen atoms in total. The van der Waals surface area contributed by atoms with Gasteiger partial charge in [0.1, 0.15) is 5.75 Å². The first kappa shape index (κ1) is 17.5. The van der Waals surface area contributed by atoms with Gasteiger partial charge >= 0.3 is 0 Å². The van der Waals surface area contributed by atoms with E-state index >= 15 is 0 Å². The lowest BCUT2D eigenvalue weighted by atomic mass is 10.1. The molecule has 0 fully saturated rings. The summed E-state index contributed by atoms with van der Waals surface area (Å²) >= 11 is 0. The van der Waals surface area contributed by atoms with Gasteiger partial charge in [0.2, 0.25) is 11.8 Å². The van der Waals surface area contributed by atoms with Gasteiger partial charge in [0.15, 0.2) is 0 Å². The number of hydrogen-bond acceptors (Lipinski definition) is 3. The zero-order chi connectivity index (χ0) is 17.5. The average molecular weight is 326 g/mol. The van der Waals surface area contributed by atoms with Crippen LogP contribution in [0.4, 0.5) is 11.4 Å². The van der Waals surface area contributed by atoms with Crippen molar-refractivity contribution in [3.05, 3.63) is 54.1 Å². The van der Waals surface area contributed by atoms with Gasteiger partial charge in [0, 0.05) is 17.3 Å². The van der Waals surface area contributed by atoms with Crippen LogP contribution in [0.15, 0.2) is 48.5 Å². The van der Waals surface area contributed by atoms with Gasteiger partial charge in [-0.2, -0.15) is 0 Å². The van der Waals surface area contributed by atoms with E-state index in [0.717, 1.165) is 11.3 Å². The van der Waals surface area contributed by atoms with Crippen molar-refractivity contribution in [1.29, 1.82) is 0 Å². The number of rotatable bonds is 6. The number of benzene rings is 2. The van der Waals surface area contributed by atoms with E-state index < -0.39 is 0 Å². The van der Waals surface area contributed by atoms with Crippen LogP contribution in [0.5, 0.6) is 5.75 Å². The van der Waals surface area contributed by atoms with Crippen LogP contribution in [-0.4, -0.2) is 18.9 Å². The molecule has 0 radical (unpaired) electrons. The molecule has 24 heavy (non-hydrogen) atoms. The maximum Gasteiger partial charge on any atom is 0.228 e. The van der Waals surface area contributed by atoms with Gasteiger partial charge in [-0.05, 0) is 35.9 Å². The molecule has 0 atom stereocenters. The standard InChI is InChI=1S/C19H22N2O3/c1-13(2)19(23)21-16-6-4-5-15(12-16)20-18(22)11-14-7-9-17(24-3)10-8-14/h4-10,12-13H,11H2,1-3H3,(H,20,22)(H,21,23). The zero-order valence-corrected chi connectivity index (χ0v) is 14.1. The summed E-state index contributed by atoms with van der Waals surface area (Å²) in [6, 6.07) is 14.5. The minimum atomic E-state index is -0.118. The molecule has 126 valence electrons. The largest absolute Gasteiger partial charge is 0.497 e. The van der Waals surface area contributed by atoms with Crippen LogP contribution in [0.3, 0.4) is 0 Å². The molecular formula is C19H22N2O3. The van der Waals surface area contributed by atoms with Crippen LogP contribution in [0.2, 0.25) is 0 Å². The van der Waals surface area contributed by atoms with Crippen LogP contribution in [0.25, 0.3) is 0 Å². The van der Waals surface area contributed by atoms with Gasteiger partial charge in [0.25, 0.3) is 0 Å². The van der Waals surface area contributed by atoms with Gasteiger partial charge in [-0.1, -0.05) is 32.0 Å². The quantitative estimate of drug-likeness (QED) is 0.854. The van der Waals surface area contributed by atoms with Gasteiger partial charge in [-0.25, -0.2) is 0 Å². The molecule has 0 saturated heterocycles. The molecule has 0 heterocycles. The van der Waals surface area contributed by atoms with Crippen LogP contribution in [0, 0.1) is 5.92 Å². The Morgan fingerprint density at radius 2 is 1.62 bits per heavy atom. The van der Waals surface area contributed by atoms with Crippen molar-refractivity contribution < 1.29 is 14.3 Å².